The Labute approximate surface area is 68.0 Å². The van der Waals surface area contributed by atoms with Gasteiger partial charge in [-0.1, -0.05) is 48.2 Å². The van der Waals surface area contributed by atoms with E-state index in [1.807, 2.05) is 0 Å². The molecule has 1 heteroatoms. The molecule has 0 aliphatic heterocycles. The van der Waals surface area contributed by atoms with Crippen molar-refractivity contribution in [3.63, 3.8) is 0 Å². The molecule has 0 radical (unpaired) electrons. The third-order valence-electron chi connectivity index (χ3n) is 1.90. The molecule has 0 amide bonds. The Bertz CT molecular complexity index is 379. The number of fused-ring (bicyclic) bond motifs is 1. The molecule has 54 valence electrons. The molecule has 1 aromatic heterocycles. The molecular formula is C10H10Si. The van der Waals surface area contributed by atoms with Crippen LogP contribution in [-0.4, -0.2) is 8.40 Å². The van der Waals surface area contributed by atoms with Crippen molar-refractivity contribution in [1.82, 2.24) is 0 Å². The van der Waals surface area contributed by atoms with Gasteiger partial charge in [-0.15, -0.1) is 0 Å². The van der Waals surface area contributed by atoms with Crippen LogP contribution in [0.15, 0.2) is 41.7 Å². The van der Waals surface area contributed by atoms with Gasteiger partial charge in [0.05, 0.1) is 0 Å². The molecule has 0 bridgehead atoms. The highest BCUT2D eigenvalue weighted by Gasteiger charge is 1.90. The zero-order valence-corrected chi connectivity index (χ0v) is 7.54. The first-order chi connectivity index (χ1) is 5.36. The van der Waals surface area contributed by atoms with Crippen molar-refractivity contribution >= 4 is 19.2 Å². The molecule has 0 saturated heterocycles. The summed E-state index contributed by atoms with van der Waals surface area (Å²) in [5, 5.41) is 2.77. The van der Waals surface area contributed by atoms with Gasteiger partial charge in [0.25, 0.3) is 0 Å². The minimum Gasteiger partial charge on any atom is -0.0774 e. The smallest absolute Gasteiger partial charge is 0.0342 e. The summed E-state index contributed by atoms with van der Waals surface area (Å²) in [7, 11) is -0.310. The van der Waals surface area contributed by atoms with Gasteiger partial charge in [-0.3, -0.25) is 0 Å². The topological polar surface area (TPSA) is 0 Å². The van der Waals surface area contributed by atoms with Crippen LogP contribution in [0.25, 0.3) is 10.8 Å². The highest BCUT2D eigenvalue weighted by atomic mass is 28.2. The summed E-state index contributed by atoms with van der Waals surface area (Å²) in [6.07, 6.45) is 0. The fourth-order valence-corrected chi connectivity index (χ4v) is 2.60. The zero-order valence-electron chi connectivity index (χ0n) is 6.54. The molecule has 0 atom stereocenters. The maximum atomic E-state index is 2.39. The maximum absolute atomic E-state index is 2.39. The average Bonchev–Trinajstić information content (AvgIpc) is 2.04. The Morgan fingerprint density at radius 1 is 1.00 bits per heavy atom. The summed E-state index contributed by atoms with van der Waals surface area (Å²) in [5.74, 6) is 0. The Balaban J connectivity index is 2.83. The van der Waals surface area contributed by atoms with E-state index in [0.717, 1.165) is 0 Å². The Kier molecular flexibility index (Phi) is 1.58. The first kappa shape index (κ1) is 6.74. The predicted octanol–water partition coefficient (Wildman–Crippen LogP) is 2.40. The van der Waals surface area contributed by atoms with Crippen LogP contribution in [0.2, 0.25) is 0 Å². The summed E-state index contributed by atoms with van der Waals surface area (Å²) >= 11 is 0. The van der Waals surface area contributed by atoms with Gasteiger partial charge in [0.1, 0.15) is 0 Å². The van der Waals surface area contributed by atoms with Crippen LogP contribution in [0.4, 0.5) is 0 Å². The van der Waals surface area contributed by atoms with Gasteiger partial charge in [-0.05, 0) is 10.8 Å². The molecule has 0 aliphatic carbocycles. The minimum absolute atomic E-state index is 0.310. The van der Waals surface area contributed by atoms with E-state index in [1.165, 1.54) is 10.8 Å². The van der Waals surface area contributed by atoms with Crippen molar-refractivity contribution in [3.8, 4) is 0 Å². The van der Waals surface area contributed by atoms with Crippen molar-refractivity contribution in [2.75, 3.05) is 0 Å². The molecule has 0 aliphatic rings. The van der Waals surface area contributed by atoms with Crippen LogP contribution >= 0.6 is 0 Å². The van der Waals surface area contributed by atoms with Crippen LogP contribution in [0.1, 0.15) is 0 Å². The molecule has 1 heterocycles. The van der Waals surface area contributed by atoms with Crippen LogP contribution in [0.3, 0.4) is 0 Å². The van der Waals surface area contributed by atoms with Gasteiger partial charge in [-0.2, -0.15) is 0 Å². The molecule has 2 rings (SSSR count). The molecule has 0 unspecified atom stereocenters. The lowest BCUT2D eigenvalue weighted by atomic mass is 10.2. The third kappa shape index (κ3) is 1.24. The molecule has 0 N–H and O–H groups in total. The SMILES string of the molecule is C[si]1ccc2ccccc2c1. The van der Waals surface area contributed by atoms with Crippen LogP contribution in [0, 0.1) is 0 Å². The normalized spacial score (nSPS) is 10.3. The lowest BCUT2D eigenvalue weighted by molar-refractivity contribution is 1.80. The Morgan fingerprint density at radius 2 is 1.73 bits per heavy atom. The maximum Gasteiger partial charge on any atom is 0.0342 e. The molecule has 0 spiro atoms. The molecule has 0 nitrogen and oxygen atoms in total. The van der Waals surface area contributed by atoms with E-state index >= 15 is 0 Å². The van der Waals surface area contributed by atoms with Crippen LogP contribution in [0.5, 0.6) is 0 Å². The predicted molar refractivity (Wildman–Crippen MR) is 50.9 cm³/mol. The molecular weight excluding hydrogens is 148 g/mol. The lowest BCUT2D eigenvalue weighted by Gasteiger charge is -1.96. The average molecular weight is 158 g/mol. The summed E-state index contributed by atoms with van der Waals surface area (Å²) < 4.78 is 0. The fourth-order valence-electron chi connectivity index (χ4n) is 1.31. The molecule has 0 fully saturated rings. The standard InChI is InChI=1S/C10H10Si/c1-11-7-6-9-4-2-3-5-10(9)8-11/h2-8H,1H3. The number of hydrogen-bond donors (Lipinski definition) is 0. The first-order valence-corrected chi connectivity index (χ1v) is 5.97. The third-order valence-corrected chi connectivity index (χ3v) is 3.36. The van der Waals surface area contributed by atoms with Gasteiger partial charge < -0.3 is 0 Å². The Morgan fingerprint density at radius 3 is 2.55 bits per heavy atom. The monoisotopic (exact) mass is 158 g/mol. The molecule has 0 saturated carbocycles. The number of rotatable bonds is 0. The van der Waals surface area contributed by atoms with Crippen molar-refractivity contribution in [2.45, 2.75) is 0 Å². The van der Waals surface area contributed by atoms with E-state index in [1.54, 1.807) is 0 Å². The molecule has 1 aromatic carbocycles. The molecule has 2 aromatic rings. The highest BCUT2D eigenvalue weighted by Crippen LogP contribution is 2.10. The van der Waals surface area contributed by atoms with E-state index in [9.17, 15) is 0 Å². The van der Waals surface area contributed by atoms with E-state index in [0.29, 0.717) is 0 Å². The highest BCUT2D eigenvalue weighted by molar-refractivity contribution is 6.49. The van der Waals surface area contributed by atoms with Crippen LogP contribution in [-0.2, 0) is 6.55 Å². The quantitative estimate of drug-likeness (QED) is 0.516. The van der Waals surface area contributed by atoms with Crippen molar-refractivity contribution in [2.24, 2.45) is 6.55 Å². The number of aryl methyl sites for hydroxylation is 1. The minimum atomic E-state index is -0.310. The van der Waals surface area contributed by atoms with Crippen molar-refractivity contribution < 1.29 is 0 Å². The summed E-state index contributed by atoms with van der Waals surface area (Å²) in [6.45, 7) is 2.30. The molecule has 11 heavy (non-hydrogen) atoms. The van der Waals surface area contributed by atoms with Gasteiger partial charge in [0.2, 0.25) is 0 Å². The lowest BCUT2D eigenvalue weighted by Crippen LogP contribution is -1.88. The second-order valence-electron chi connectivity index (χ2n) is 2.85. The van der Waals surface area contributed by atoms with Crippen LogP contribution < -0.4 is 0 Å². The second-order valence-corrected chi connectivity index (χ2v) is 4.96. The fraction of sp³-hybridized carbons (Fsp3) is 0.100. The zero-order chi connectivity index (χ0) is 7.68. The van der Waals surface area contributed by atoms with Crippen molar-refractivity contribution in [3.05, 3.63) is 41.7 Å². The summed E-state index contributed by atoms with van der Waals surface area (Å²) in [5.41, 5.74) is 4.72. The van der Waals surface area contributed by atoms with Gasteiger partial charge in [-0.25, -0.2) is 0 Å². The van der Waals surface area contributed by atoms with E-state index in [-0.39, 0.29) is 8.40 Å². The van der Waals surface area contributed by atoms with E-state index in [2.05, 4.69) is 48.2 Å². The number of benzene rings is 1. The van der Waals surface area contributed by atoms with E-state index in [4.69, 9.17) is 0 Å². The van der Waals surface area contributed by atoms with Gasteiger partial charge in [0, 0.05) is 8.40 Å². The van der Waals surface area contributed by atoms with Crippen molar-refractivity contribution in [1.29, 1.82) is 0 Å². The first-order valence-electron chi connectivity index (χ1n) is 3.82. The van der Waals surface area contributed by atoms with Gasteiger partial charge >= 0.3 is 0 Å². The summed E-state index contributed by atoms with van der Waals surface area (Å²) in [6, 6.07) is 10.8. The Hall–Kier alpha value is -0.953. The summed E-state index contributed by atoms with van der Waals surface area (Å²) in [4.78, 5) is 0. The number of hydrogen-bond acceptors (Lipinski definition) is 0. The van der Waals surface area contributed by atoms with Gasteiger partial charge in [0.15, 0.2) is 0 Å². The largest absolute Gasteiger partial charge is 0.0774 e. The second kappa shape index (κ2) is 2.59. The van der Waals surface area contributed by atoms with E-state index < -0.39 is 0 Å².